The van der Waals surface area contributed by atoms with E-state index in [4.69, 9.17) is 10.5 Å². The molecule has 0 aliphatic heterocycles. The number of nitrogens with two attached hydrogens (primary N) is 1. The number of anilines is 1. The van der Waals surface area contributed by atoms with Crippen LogP contribution >= 0.6 is 0 Å². The Balaban J connectivity index is 2.43. The number of aromatic nitrogens is 2. The summed E-state index contributed by atoms with van der Waals surface area (Å²) in [7, 11) is 0. The highest BCUT2D eigenvalue weighted by Gasteiger charge is 2.20. The third kappa shape index (κ3) is 2.66. The molecule has 0 saturated carbocycles. The molecule has 0 aliphatic rings. The normalized spacial score (nSPS) is 10.5. The number of benzene rings is 1. The molecule has 0 atom stereocenters. The van der Waals surface area contributed by atoms with Crippen LogP contribution in [0.4, 0.5) is 5.69 Å². The first kappa shape index (κ1) is 14.1. The van der Waals surface area contributed by atoms with Gasteiger partial charge in [0.15, 0.2) is 11.6 Å². The summed E-state index contributed by atoms with van der Waals surface area (Å²) in [5.41, 5.74) is 6.81. The highest BCUT2D eigenvalue weighted by atomic mass is 16.5. The highest BCUT2D eigenvalue weighted by Crippen LogP contribution is 2.28. The van der Waals surface area contributed by atoms with E-state index < -0.39 is 0 Å². The molecule has 2 rings (SSSR count). The van der Waals surface area contributed by atoms with Gasteiger partial charge in [0.2, 0.25) is 5.78 Å². The molecule has 106 valence electrons. The Bertz CT molecular complexity index is 605. The van der Waals surface area contributed by atoms with Crippen molar-refractivity contribution in [3.05, 3.63) is 42.0 Å². The Morgan fingerprint density at radius 1 is 1.40 bits per heavy atom. The minimum Gasteiger partial charge on any atom is -0.491 e. The van der Waals surface area contributed by atoms with Crippen molar-refractivity contribution in [3.8, 4) is 5.75 Å². The quantitative estimate of drug-likeness (QED) is 0.648. The van der Waals surface area contributed by atoms with E-state index in [1.807, 2.05) is 17.7 Å². The topological polar surface area (TPSA) is 70.1 Å². The Kier molecular flexibility index (Phi) is 4.40. The van der Waals surface area contributed by atoms with Gasteiger partial charge in [-0.1, -0.05) is 13.0 Å². The molecular weight excluding hydrogens is 254 g/mol. The van der Waals surface area contributed by atoms with Crippen LogP contribution in [-0.4, -0.2) is 21.9 Å². The first-order valence-electron chi connectivity index (χ1n) is 6.76. The lowest BCUT2D eigenvalue weighted by Gasteiger charge is -2.12. The fourth-order valence-corrected chi connectivity index (χ4v) is 2.10. The van der Waals surface area contributed by atoms with Crippen molar-refractivity contribution in [2.45, 2.75) is 26.8 Å². The Hall–Kier alpha value is -2.30. The van der Waals surface area contributed by atoms with Crippen molar-refractivity contribution >= 4 is 11.5 Å². The lowest BCUT2D eigenvalue weighted by molar-refractivity contribution is 0.102. The molecule has 0 spiro atoms. The monoisotopic (exact) mass is 273 g/mol. The van der Waals surface area contributed by atoms with Gasteiger partial charge in [-0.2, -0.15) is 0 Å². The smallest absolute Gasteiger partial charge is 0.232 e. The zero-order chi connectivity index (χ0) is 14.5. The second-order valence-corrected chi connectivity index (χ2v) is 4.43. The van der Waals surface area contributed by atoms with Crippen LogP contribution in [-0.2, 0) is 6.54 Å². The number of para-hydroxylation sites is 1. The number of carbonyl (C=O) groups excluding carboxylic acids is 1. The number of nitrogens with zero attached hydrogens (tertiary/aromatic N) is 2. The molecule has 0 unspecified atom stereocenters. The Labute approximate surface area is 118 Å². The minimum atomic E-state index is -0.167. The van der Waals surface area contributed by atoms with Gasteiger partial charge in [0, 0.05) is 18.9 Å². The maximum atomic E-state index is 12.6. The number of imidazole rings is 1. The number of aryl methyl sites for hydroxylation is 1. The van der Waals surface area contributed by atoms with Crippen LogP contribution in [0.3, 0.4) is 0 Å². The van der Waals surface area contributed by atoms with Crippen LogP contribution in [0.1, 0.15) is 36.5 Å². The molecule has 1 aromatic carbocycles. The molecule has 5 nitrogen and oxygen atoms in total. The van der Waals surface area contributed by atoms with Crippen LogP contribution in [0.2, 0.25) is 0 Å². The molecule has 2 aromatic rings. The SMILES string of the molecule is CCCn1ccnc1C(=O)c1cccc(N)c1OCC. The van der Waals surface area contributed by atoms with Crippen LogP contribution in [0.15, 0.2) is 30.6 Å². The van der Waals surface area contributed by atoms with Gasteiger partial charge in [0.1, 0.15) is 0 Å². The fourth-order valence-electron chi connectivity index (χ4n) is 2.10. The van der Waals surface area contributed by atoms with Gasteiger partial charge in [-0.05, 0) is 25.5 Å². The molecule has 0 amide bonds. The van der Waals surface area contributed by atoms with E-state index in [0.29, 0.717) is 29.4 Å². The number of ketones is 1. The van der Waals surface area contributed by atoms with E-state index in [2.05, 4.69) is 11.9 Å². The average Bonchev–Trinajstić information content (AvgIpc) is 2.89. The predicted molar refractivity (Wildman–Crippen MR) is 78.0 cm³/mol. The number of hydrogen-bond acceptors (Lipinski definition) is 4. The largest absolute Gasteiger partial charge is 0.491 e. The molecule has 2 N–H and O–H groups in total. The Morgan fingerprint density at radius 3 is 2.90 bits per heavy atom. The second kappa shape index (κ2) is 6.23. The summed E-state index contributed by atoms with van der Waals surface area (Å²) >= 11 is 0. The molecule has 1 heterocycles. The molecule has 0 radical (unpaired) electrons. The molecule has 0 bridgehead atoms. The number of rotatable bonds is 6. The molecule has 5 heteroatoms. The highest BCUT2D eigenvalue weighted by molar-refractivity contribution is 6.09. The Morgan fingerprint density at radius 2 is 2.20 bits per heavy atom. The third-order valence-electron chi connectivity index (χ3n) is 2.96. The van der Waals surface area contributed by atoms with Crippen molar-refractivity contribution in [3.63, 3.8) is 0 Å². The van der Waals surface area contributed by atoms with Gasteiger partial charge in [0.05, 0.1) is 17.9 Å². The molecule has 0 saturated heterocycles. The number of ether oxygens (including phenoxy) is 1. The van der Waals surface area contributed by atoms with E-state index >= 15 is 0 Å². The van der Waals surface area contributed by atoms with E-state index in [1.54, 1.807) is 24.4 Å². The predicted octanol–water partition coefficient (Wildman–Crippen LogP) is 2.51. The first-order valence-corrected chi connectivity index (χ1v) is 6.76. The van der Waals surface area contributed by atoms with Gasteiger partial charge in [0.25, 0.3) is 0 Å². The van der Waals surface area contributed by atoms with Crippen molar-refractivity contribution in [1.82, 2.24) is 9.55 Å². The zero-order valence-corrected chi connectivity index (χ0v) is 11.8. The summed E-state index contributed by atoms with van der Waals surface area (Å²) in [6, 6.07) is 5.19. The maximum Gasteiger partial charge on any atom is 0.232 e. The van der Waals surface area contributed by atoms with Crippen molar-refractivity contribution in [2.75, 3.05) is 12.3 Å². The van der Waals surface area contributed by atoms with Crippen molar-refractivity contribution < 1.29 is 9.53 Å². The summed E-state index contributed by atoms with van der Waals surface area (Å²) in [6.45, 7) is 5.13. The standard InChI is InChI=1S/C15H19N3O2/c1-3-9-18-10-8-17-15(18)13(19)11-6-5-7-12(16)14(11)20-4-2/h5-8,10H,3-4,9,16H2,1-2H3. The van der Waals surface area contributed by atoms with Gasteiger partial charge >= 0.3 is 0 Å². The lowest BCUT2D eigenvalue weighted by Crippen LogP contribution is -2.13. The summed E-state index contributed by atoms with van der Waals surface area (Å²) < 4.78 is 7.35. The molecule has 20 heavy (non-hydrogen) atoms. The fraction of sp³-hybridized carbons (Fsp3) is 0.333. The van der Waals surface area contributed by atoms with Crippen LogP contribution < -0.4 is 10.5 Å². The average molecular weight is 273 g/mol. The molecule has 1 aromatic heterocycles. The number of carbonyl (C=O) groups is 1. The van der Waals surface area contributed by atoms with Crippen molar-refractivity contribution in [1.29, 1.82) is 0 Å². The number of hydrogen-bond donors (Lipinski definition) is 1. The van der Waals surface area contributed by atoms with E-state index in [1.165, 1.54) is 0 Å². The van der Waals surface area contributed by atoms with Crippen molar-refractivity contribution in [2.24, 2.45) is 0 Å². The zero-order valence-electron chi connectivity index (χ0n) is 11.8. The first-order chi connectivity index (χ1) is 9.69. The molecular formula is C15H19N3O2. The summed E-state index contributed by atoms with van der Waals surface area (Å²) in [5, 5.41) is 0. The molecule has 0 aliphatic carbocycles. The number of nitrogen functional groups attached to an aromatic ring is 1. The maximum absolute atomic E-state index is 12.6. The van der Waals surface area contributed by atoms with Gasteiger partial charge in [-0.15, -0.1) is 0 Å². The third-order valence-corrected chi connectivity index (χ3v) is 2.96. The second-order valence-electron chi connectivity index (χ2n) is 4.43. The van der Waals surface area contributed by atoms with Crippen LogP contribution in [0.25, 0.3) is 0 Å². The summed E-state index contributed by atoms with van der Waals surface area (Å²) in [5.74, 6) is 0.684. The summed E-state index contributed by atoms with van der Waals surface area (Å²) in [6.07, 6.45) is 4.38. The van der Waals surface area contributed by atoms with E-state index in [9.17, 15) is 4.79 Å². The van der Waals surface area contributed by atoms with E-state index in [0.717, 1.165) is 13.0 Å². The van der Waals surface area contributed by atoms with Gasteiger partial charge < -0.3 is 15.0 Å². The van der Waals surface area contributed by atoms with E-state index in [-0.39, 0.29) is 5.78 Å². The van der Waals surface area contributed by atoms with Crippen LogP contribution in [0.5, 0.6) is 5.75 Å². The lowest BCUT2D eigenvalue weighted by atomic mass is 10.1. The minimum absolute atomic E-state index is 0.167. The summed E-state index contributed by atoms with van der Waals surface area (Å²) in [4.78, 5) is 16.8. The van der Waals surface area contributed by atoms with Gasteiger partial charge in [-0.3, -0.25) is 4.79 Å². The van der Waals surface area contributed by atoms with Crippen LogP contribution in [0, 0.1) is 0 Å². The van der Waals surface area contributed by atoms with Gasteiger partial charge in [-0.25, -0.2) is 4.98 Å². The molecule has 0 fully saturated rings.